The van der Waals surface area contributed by atoms with Gasteiger partial charge < -0.3 is 25.3 Å². The highest BCUT2D eigenvalue weighted by atomic mass is 16.3. The van der Waals surface area contributed by atoms with Gasteiger partial charge in [0.2, 0.25) is 0 Å². The van der Waals surface area contributed by atoms with Crippen molar-refractivity contribution in [2.75, 3.05) is 31.1 Å². The fourth-order valence-corrected chi connectivity index (χ4v) is 3.71. The van der Waals surface area contributed by atoms with E-state index in [-0.39, 0.29) is 6.04 Å². The van der Waals surface area contributed by atoms with Gasteiger partial charge in [-0.25, -0.2) is 0 Å². The summed E-state index contributed by atoms with van der Waals surface area (Å²) < 4.78 is 0. The summed E-state index contributed by atoms with van der Waals surface area (Å²) in [4.78, 5) is 28.7. The minimum Gasteiger partial charge on any atom is -0.380 e. The second kappa shape index (κ2) is 9.94. The third-order valence-electron chi connectivity index (χ3n) is 5.71. The Labute approximate surface area is 183 Å². The Hall–Kier alpha value is -2.90. The summed E-state index contributed by atoms with van der Waals surface area (Å²) in [6, 6.07) is 15.4. The number of carbonyl (C=O) groups is 2. The van der Waals surface area contributed by atoms with Gasteiger partial charge in [-0.2, -0.15) is 0 Å². The lowest BCUT2D eigenvalue weighted by Crippen LogP contribution is -2.55. The molecule has 0 bridgehead atoms. The molecule has 3 atom stereocenters. The van der Waals surface area contributed by atoms with Gasteiger partial charge in [0.15, 0.2) is 12.2 Å². The first kappa shape index (κ1) is 22.8. The van der Waals surface area contributed by atoms with E-state index in [1.165, 1.54) is 10.5 Å². The number of nitrogens with one attached hydrogen (secondary N) is 1. The minimum absolute atomic E-state index is 0.358. The summed E-state index contributed by atoms with van der Waals surface area (Å²) in [6.45, 7) is 7.86. The topological polar surface area (TPSA) is 93.1 Å². The summed E-state index contributed by atoms with van der Waals surface area (Å²) in [5.41, 5.74) is 4.24. The standard InChI is InChI=1S/C24H31N3O4/c1-16-7-9-19(10-8-16)18(3)25-23(30)21(28)22(29)24(31)27-13-11-26(12-14-27)20-6-4-5-17(2)15-20/h4-10,15,18,21-22,28-29H,11-14H2,1-3H3,(H,25,30)/t18-,21?,22?/m0/s1. The average molecular weight is 426 g/mol. The maximum absolute atomic E-state index is 12.7. The predicted molar refractivity (Wildman–Crippen MR) is 120 cm³/mol. The van der Waals surface area contributed by atoms with Gasteiger partial charge in [0, 0.05) is 31.9 Å². The van der Waals surface area contributed by atoms with Crippen molar-refractivity contribution in [1.29, 1.82) is 0 Å². The summed E-state index contributed by atoms with van der Waals surface area (Å²) in [6.07, 6.45) is -3.62. The molecule has 1 heterocycles. The third-order valence-corrected chi connectivity index (χ3v) is 5.71. The lowest BCUT2D eigenvalue weighted by Gasteiger charge is -2.37. The van der Waals surface area contributed by atoms with Crippen molar-refractivity contribution in [3.63, 3.8) is 0 Å². The zero-order valence-electron chi connectivity index (χ0n) is 18.3. The molecule has 0 radical (unpaired) electrons. The van der Waals surface area contributed by atoms with E-state index in [1.54, 1.807) is 6.92 Å². The molecule has 2 aromatic carbocycles. The quantitative estimate of drug-likeness (QED) is 0.653. The van der Waals surface area contributed by atoms with Crippen molar-refractivity contribution in [2.45, 2.75) is 39.0 Å². The van der Waals surface area contributed by atoms with Crippen molar-refractivity contribution >= 4 is 17.5 Å². The maximum atomic E-state index is 12.7. The molecule has 31 heavy (non-hydrogen) atoms. The highest BCUT2D eigenvalue weighted by Gasteiger charge is 2.35. The fraction of sp³-hybridized carbons (Fsp3) is 0.417. The van der Waals surface area contributed by atoms with Crippen molar-refractivity contribution in [2.24, 2.45) is 0 Å². The first-order valence-electron chi connectivity index (χ1n) is 10.6. The monoisotopic (exact) mass is 425 g/mol. The molecule has 0 aliphatic carbocycles. The molecule has 7 nitrogen and oxygen atoms in total. The van der Waals surface area contributed by atoms with Crippen molar-refractivity contribution < 1.29 is 19.8 Å². The van der Waals surface area contributed by atoms with Crippen LogP contribution in [0.2, 0.25) is 0 Å². The minimum atomic E-state index is -1.82. The number of piperazine rings is 1. The second-order valence-corrected chi connectivity index (χ2v) is 8.18. The fourth-order valence-electron chi connectivity index (χ4n) is 3.71. The Morgan fingerprint density at radius 2 is 1.55 bits per heavy atom. The molecular formula is C24H31N3O4. The van der Waals surface area contributed by atoms with Gasteiger partial charge in [0.1, 0.15) is 0 Å². The number of benzene rings is 2. The lowest BCUT2D eigenvalue weighted by atomic mass is 10.1. The van der Waals surface area contributed by atoms with Crippen LogP contribution < -0.4 is 10.2 Å². The molecule has 1 aliphatic rings. The number of nitrogens with zero attached hydrogens (tertiary/aromatic N) is 2. The zero-order valence-corrected chi connectivity index (χ0v) is 18.3. The van der Waals surface area contributed by atoms with E-state index in [1.807, 2.05) is 56.3 Å². The zero-order chi connectivity index (χ0) is 22.5. The van der Waals surface area contributed by atoms with Crippen molar-refractivity contribution in [3.8, 4) is 0 Å². The number of aliphatic hydroxyl groups is 2. The predicted octanol–water partition coefficient (Wildman–Crippen LogP) is 1.55. The van der Waals surface area contributed by atoms with Crippen LogP contribution in [0.1, 0.15) is 29.7 Å². The van der Waals surface area contributed by atoms with E-state index in [4.69, 9.17) is 0 Å². The number of carbonyl (C=O) groups excluding carboxylic acids is 2. The molecular weight excluding hydrogens is 394 g/mol. The molecule has 2 unspecified atom stereocenters. The van der Waals surface area contributed by atoms with Crippen molar-refractivity contribution in [1.82, 2.24) is 10.2 Å². The highest BCUT2D eigenvalue weighted by molar-refractivity contribution is 5.91. The molecule has 0 saturated carbocycles. The Balaban J connectivity index is 1.53. The molecule has 3 N–H and O–H groups in total. The van der Waals surface area contributed by atoms with Gasteiger partial charge in [-0.3, -0.25) is 9.59 Å². The molecule has 1 fully saturated rings. The molecule has 7 heteroatoms. The van der Waals surface area contributed by atoms with Gasteiger partial charge in [0.25, 0.3) is 11.8 Å². The number of hydrogen-bond donors (Lipinski definition) is 3. The summed E-state index contributed by atoms with van der Waals surface area (Å²) >= 11 is 0. The van der Waals surface area contributed by atoms with E-state index in [0.717, 1.165) is 16.8 Å². The van der Waals surface area contributed by atoms with Gasteiger partial charge in [-0.05, 0) is 44.0 Å². The highest BCUT2D eigenvalue weighted by Crippen LogP contribution is 2.19. The lowest BCUT2D eigenvalue weighted by molar-refractivity contribution is -0.153. The number of anilines is 1. The number of hydrogen-bond acceptors (Lipinski definition) is 5. The normalized spacial score (nSPS) is 17.1. The number of aliphatic hydroxyl groups excluding tert-OH is 2. The van der Waals surface area contributed by atoms with Crippen molar-refractivity contribution in [3.05, 3.63) is 65.2 Å². The summed E-state index contributed by atoms with van der Waals surface area (Å²) in [5.74, 6) is -1.40. The van der Waals surface area contributed by atoms with Gasteiger partial charge in [-0.15, -0.1) is 0 Å². The largest absolute Gasteiger partial charge is 0.380 e. The van der Waals surface area contributed by atoms with E-state index < -0.39 is 24.0 Å². The van der Waals surface area contributed by atoms with Crippen LogP contribution in [-0.4, -0.2) is 65.3 Å². The number of rotatable bonds is 6. The van der Waals surface area contributed by atoms with E-state index >= 15 is 0 Å². The van der Waals surface area contributed by atoms with Gasteiger partial charge >= 0.3 is 0 Å². The Kier molecular flexibility index (Phi) is 7.30. The van der Waals surface area contributed by atoms with Crippen LogP contribution in [0.25, 0.3) is 0 Å². The number of amides is 2. The first-order chi connectivity index (χ1) is 14.8. The van der Waals surface area contributed by atoms with Crippen LogP contribution in [0.5, 0.6) is 0 Å². The summed E-state index contributed by atoms with van der Waals surface area (Å²) in [5, 5.41) is 23.3. The van der Waals surface area contributed by atoms with Gasteiger partial charge in [0.05, 0.1) is 6.04 Å². The average Bonchev–Trinajstić information content (AvgIpc) is 2.78. The maximum Gasteiger partial charge on any atom is 0.254 e. The van der Waals surface area contributed by atoms with E-state index in [9.17, 15) is 19.8 Å². The molecule has 0 aromatic heterocycles. The Morgan fingerprint density at radius 1 is 0.903 bits per heavy atom. The van der Waals surface area contributed by atoms with Crippen LogP contribution in [-0.2, 0) is 9.59 Å². The third kappa shape index (κ3) is 5.62. The molecule has 166 valence electrons. The molecule has 3 rings (SSSR count). The van der Waals surface area contributed by atoms with Crippen LogP contribution in [0.4, 0.5) is 5.69 Å². The SMILES string of the molecule is Cc1ccc([C@H](C)NC(=O)C(O)C(O)C(=O)N2CCN(c3cccc(C)c3)CC2)cc1. The Morgan fingerprint density at radius 3 is 2.16 bits per heavy atom. The van der Waals surface area contributed by atoms with Crippen LogP contribution in [0, 0.1) is 13.8 Å². The smallest absolute Gasteiger partial charge is 0.254 e. The molecule has 2 aromatic rings. The number of aryl methyl sites for hydroxylation is 2. The van der Waals surface area contributed by atoms with Crippen LogP contribution in [0.3, 0.4) is 0 Å². The first-order valence-corrected chi connectivity index (χ1v) is 10.6. The summed E-state index contributed by atoms with van der Waals surface area (Å²) in [7, 11) is 0. The molecule has 2 amide bonds. The molecule has 0 spiro atoms. The van der Waals surface area contributed by atoms with E-state index in [2.05, 4.69) is 16.3 Å². The molecule has 1 saturated heterocycles. The molecule has 1 aliphatic heterocycles. The van der Waals surface area contributed by atoms with Crippen LogP contribution in [0.15, 0.2) is 48.5 Å². The Bertz CT molecular complexity index is 907. The second-order valence-electron chi connectivity index (χ2n) is 8.18. The van der Waals surface area contributed by atoms with E-state index in [0.29, 0.717) is 26.2 Å². The van der Waals surface area contributed by atoms with Crippen LogP contribution >= 0.6 is 0 Å². The van der Waals surface area contributed by atoms with Gasteiger partial charge in [-0.1, -0.05) is 42.0 Å².